The number of hydrogen-bond donors (Lipinski definition) is 4. The molecule has 63 valence electrons. The largest absolute Gasteiger partial charge is 0.394 e. The van der Waals surface area contributed by atoms with Gasteiger partial charge in [0.05, 0.1) is 12.6 Å². The Bertz CT molecular complexity index is 118. The first kappa shape index (κ1) is 8.96. The molecule has 0 amide bonds. The maximum atomic E-state index is 9.16. The maximum Gasteiger partial charge on any atom is 0.242 e. The van der Waals surface area contributed by atoms with E-state index in [-0.39, 0.29) is 6.61 Å². The monoisotopic (exact) mass is 160 g/mol. The van der Waals surface area contributed by atoms with E-state index in [0.717, 1.165) is 7.41 Å². The van der Waals surface area contributed by atoms with Crippen molar-refractivity contribution in [1.82, 2.24) is 0 Å². The quantitative estimate of drug-likeness (QED) is 0.323. The molecule has 0 aliphatic carbocycles. The molecule has 5 N–H and O–H groups in total. The standard InChI is InChI=1S/C5H11BNO4/c7-6-5-4(10)3(9)2(1-8)11-5/h2-5,8-10H,1,7H2/t2-,3?,4?,5-/m1/s1. The van der Waals surface area contributed by atoms with Crippen LogP contribution in [0.1, 0.15) is 0 Å². The van der Waals surface area contributed by atoms with Gasteiger partial charge in [-0.2, -0.15) is 0 Å². The topological polar surface area (TPSA) is 95.9 Å². The summed E-state index contributed by atoms with van der Waals surface area (Å²) in [7, 11) is 1.16. The number of aliphatic hydroxyl groups is 3. The summed E-state index contributed by atoms with van der Waals surface area (Å²) in [6.45, 7) is -0.317. The lowest BCUT2D eigenvalue weighted by atomic mass is 9.83. The van der Waals surface area contributed by atoms with Crippen LogP contribution in [-0.4, -0.2) is 53.7 Å². The molecule has 0 bridgehead atoms. The minimum atomic E-state index is -1.05. The van der Waals surface area contributed by atoms with Crippen molar-refractivity contribution in [2.75, 3.05) is 6.61 Å². The Hall–Kier alpha value is -0.135. The normalized spacial score (nSPS) is 44.4. The Morgan fingerprint density at radius 2 is 2.00 bits per heavy atom. The molecule has 1 rings (SSSR count). The summed E-state index contributed by atoms with van der Waals surface area (Å²) in [5.41, 5.74) is 5.10. The third-order valence-electron chi connectivity index (χ3n) is 1.77. The summed E-state index contributed by atoms with van der Waals surface area (Å²) in [4.78, 5) is 0. The zero-order chi connectivity index (χ0) is 8.43. The van der Waals surface area contributed by atoms with Crippen LogP contribution in [0.3, 0.4) is 0 Å². The molecule has 0 aromatic heterocycles. The number of nitrogens with two attached hydrogens (primary N) is 1. The van der Waals surface area contributed by atoms with Crippen LogP contribution in [0.2, 0.25) is 0 Å². The molecule has 1 aliphatic heterocycles. The minimum absolute atomic E-state index is 0.317. The van der Waals surface area contributed by atoms with E-state index in [2.05, 4.69) is 0 Å². The molecular weight excluding hydrogens is 149 g/mol. The van der Waals surface area contributed by atoms with Gasteiger partial charge in [-0.25, -0.2) is 0 Å². The maximum absolute atomic E-state index is 9.16. The SMILES string of the molecule is N[B][C@@H]1O[C@H](CO)C(O)C1O. The van der Waals surface area contributed by atoms with Gasteiger partial charge in [-0.3, -0.25) is 0 Å². The smallest absolute Gasteiger partial charge is 0.242 e. The van der Waals surface area contributed by atoms with Crippen LogP contribution in [0, 0.1) is 0 Å². The Morgan fingerprint density at radius 3 is 2.27 bits per heavy atom. The summed E-state index contributed by atoms with van der Waals surface area (Å²) >= 11 is 0. The highest BCUT2D eigenvalue weighted by Gasteiger charge is 2.41. The highest BCUT2D eigenvalue weighted by Crippen LogP contribution is 2.19. The van der Waals surface area contributed by atoms with Crippen molar-refractivity contribution in [2.24, 2.45) is 5.64 Å². The zero-order valence-corrected chi connectivity index (χ0v) is 5.92. The number of rotatable bonds is 2. The summed E-state index contributed by atoms with van der Waals surface area (Å²) in [5, 5.41) is 26.9. The van der Waals surface area contributed by atoms with Crippen molar-refractivity contribution in [3.05, 3.63) is 0 Å². The van der Waals surface area contributed by atoms with Crippen LogP contribution >= 0.6 is 0 Å². The fraction of sp³-hybridized carbons (Fsp3) is 1.00. The number of aliphatic hydroxyl groups excluding tert-OH is 3. The van der Waals surface area contributed by atoms with Crippen molar-refractivity contribution in [3.8, 4) is 0 Å². The van der Waals surface area contributed by atoms with Gasteiger partial charge < -0.3 is 25.7 Å². The van der Waals surface area contributed by atoms with Gasteiger partial charge >= 0.3 is 0 Å². The molecule has 2 unspecified atom stereocenters. The zero-order valence-electron chi connectivity index (χ0n) is 5.92. The van der Waals surface area contributed by atoms with Crippen LogP contribution in [0.4, 0.5) is 0 Å². The summed E-state index contributed by atoms with van der Waals surface area (Å²) in [6, 6.07) is -0.679. The second-order valence-electron chi connectivity index (χ2n) is 2.50. The summed E-state index contributed by atoms with van der Waals surface area (Å²) in [5.74, 6) is 0. The lowest BCUT2D eigenvalue weighted by molar-refractivity contribution is -0.00906. The molecule has 5 nitrogen and oxygen atoms in total. The molecule has 1 saturated heterocycles. The lowest BCUT2D eigenvalue weighted by Gasteiger charge is -2.10. The molecule has 0 aromatic rings. The van der Waals surface area contributed by atoms with Gasteiger partial charge in [-0.1, -0.05) is 0 Å². The molecule has 0 spiro atoms. The molecule has 1 heterocycles. The molecular formula is C5H11BNO4. The van der Waals surface area contributed by atoms with Crippen molar-refractivity contribution < 1.29 is 20.1 Å². The van der Waals surface area contributed by atoms with E-state index in [1.54, 1.807) is 0 Å². The molecule has 1 fully saturated rings. The van der Waals surface area contributed by atoms with E-state index in [4.69, 9.17) is 25.7 Å². The highest BCUT2D eigenvalue weighted by molar-refractivity contribution is 6.33. The van der Waals surface area contributed by atoms with E-state index in [0.29, 0.717) is 0 Å². The third kappa shape index (κ3) is 1.55. The van der Waals surface area contributed by atoms with Gasteiger partial charge in [0.1, 0.15) is 18.3 Å². The van der Waals surface area contributed by atoms with Gasteiger partial charge in [-0.05, 0) is 0 Å². The first-order valence-electron chi connectivity index (χ1n) is 3.38. The van der Waals surface area contributed by atoms with Crippen LogP contribution in [0.15, 0.2) is 0 Å². The van der Waals surface area contributed by atoms with E-state index in [1.807, 2.05) is 0 Å². The van der Waals surface area contributed by atoms with E-state index in [9.17, 15) is 0 Å². The van der Waals surface area contributed by atoms with Crippen molar-refractivity contribution in [2.45, 2.75) is 24.3 Å². The summed E-state index contributed by atoms with van der Waals surface area (Å²) < 4.78 is 4.95. The fourth-order valence-corrected chi connectivity index (χ4v) is 1.09. The molecule has 11 heavy (non-hydrogen) atoms. The number of hydrogen-bond acceptors (Lipinski definition) is 5. The lowest BCUT2D eigenvalue weighted by Crippen LogP contribution is -2.38. The van der Waals surface area contributed by atoms with Gasteiger partial charge in [0, 0.05) is 0 Å². The van der Waals surface area contributed by atoms with E-state index < -0.39 is 24.3 Å². The Balaban J connectivity index is 2.53. The van der Waals surface area contributed by atoms with Crippen LogP contribution < -0.4 is 5.64 Å². The second-order valence-corrected chi connectivity index (χ2v) is 2.50. The first-order valence-corrected chi connectivity index (χ1v) is 3.38. The molecule has 4 atom stereocenters. The second kappa shape index (κ2) is 3.51. The molecule has 6 heteroatoms. The predicted molar refractivity (Wildman–Crippen MR) is 37.7 cm³/mol. The summed E-state index contributed by atoms with van der Waals surface area (Å²) in [6.07, 6.45) is -2.81. The Kier molecular flexibility index (Phi) is 2.86. The van der Waals surface area contributed by atoms with Crippen LogP contribution in [0.25, 0.3) is 0 Å². The molecule has 0 aromatic carbocycles. The van der Waals surface area contributed by atoms with E-state index in [1.165, 1.54) is 0 Å². The van der Waals surface area contributed by atoms with E-state index >= 15 is 0 Å². The average Bonchev–Trinajstić information content (AvgIpc) is 2.30. The Morgan fingerprint density at radius 1 is 1.36 bits per heavy atom. The van der Waals surface area contributed by atoms with Gasteiger partial charge in [0.15, 0.2) is 0 Å². The Labute approximate surface area is 65.0 Å². The van der Waals surface area contributed by atoms with Crippen molar-refractivity contribution in [3.63, 3.8) is 0 Å². The van der Waals surface area contributed by atoms with Crippen LogP contribution in [-0.2, 0) is 4.74 Å². The minimum Gasteiger partial charge on any atom is -0.394 e. The molecule has 0 saturated carbocycles. The predicted octanol–water partition coefficient (Wildman–Crippen LogP) is -3.00. The molecule has 1 aliphatic rings. The molecule has 1 radical (unpaired) electrons. The van der Waals surface area contributed by atoms with Gasteiger partial charge in [0.25, 0.3) is 0 Å². The van der Waals surface area contributed by atoms with Crippen molar-refractivity contribution in [1.29, 1.82) is 0 Å². The van der Waals surface area contributed by atoms with Crippen molar-refractivity contribution >= 4 is 7.41 Å². The third-order valence-corrected chi connectivity index (χ3v) is 1.77. The average molecular weight is 160 g/mol. The first-order chi connectivity index (χ1) is 5.20. The van der Waals surface area contributed by atoms with Gasteiger partial charge in [0.2, 0.25) is 7.41 Å². The van der Waals surface area contributed by atoms with Crippen LogP contribution in [0.5, 0.6) is 0 Å². The fourth-order valence-electron chi connectivity index (χ4n) is 1.09. The number of ether oxygens (including phenoxy) is 1. The van der Waals surface area contributed by atoms with Gasteiger partial charge in [-0.15, -0.1) is 0 Å². The highest BCUT2D eigenvalue weighted by atomic mass is 16.5.